The summed E-state index contributed by atoms with van der Waals surface area (Å²) >= 11 is 0. The highest BCUT2D eigenvalue weighted by atomic mass is 16.6. The van der Waals surface area contributed by atoms with Gasteiger partial charge < -0.3 is 14.5 Å². The van der Waals surface area contributed by atoms with Crippen molar-refractivity contribution in [2.75, 3.05) is 26.2 Å². The highest BCUT2D eigenvalue weighted by molar-refractivity contribution is 5.98. The molecule has 0 bridgehead atoms. The van der Waals surface area contributed by atoms with Crippen molar-refractivity contribution >= 4 is 17.5 Å². The van der Waals surface area contributed by atoms with Crippen LogP contribution >= 0.6 is 0 Å². The van der Waals surface area contributed by atoms with Gasteiger partial charge in [-0.15, -0.1) is 0 Å². The number of carbonyl (C=O) groups excluding carboxylic acids is 2. The molecule has 0 aromatic heterocycles. The minimum Gasteiger partial charge on any atom is -0.457 e. The zero-order valence-corrected chi connectivity index (χ0v) is 18.8. The molecule has 0 atom stereocenters. The van der Waals surface area contributed by atoms with Crippen molar-refractivity contribution in [2.45, 2.75) is 13.3 Å². The molecule has 2 amide bonds. The monoisotopic (exact) mass is 459 g/mol. The molecule has 8 nitrogen and oxygen atoms in total. The Morgan fingerprint density at radius 3 is 2.09 bits per heavy atom. The molecule has 1 aliphatic rings. The summed E-state index contributed by atoms with van der Waals surface area (Å²) in [6, 6.07) is 20.5. The van der Waals surface area contributed by atoms with Crippen LogP contribution in [0.15, 0.2) is 72.8 Å². The van der Waals surface area contributed by atoms with Gasteiger partial charge in [-0.3, -0.25) is 19.7 Å². The van der Waals surface area contributed by atoms with Gasteiger partial charge in [0.25, 0.3) is 17.5 Å². The number of ether oxygens (including phenoxy) is 1. The van der Waals surface area contributed by atoms with Gasteiger partial charge in [0.15, 0.2) is 0 Å². The van der Waals surface area contributed by atoms with Gasteiger partial charge in [0, 0.05) is 43.9 Å². The number of carbonyl (C=O) groups is 2. The minimum atomic E-state index is -0.538. The summed E-state index contributed by atoms with van der Waals surface area (Å²) in [5.74, 6) is 0.332. The Balaban J connectivity index is 1.49. The minimum absolute atomic E-state index is 0.0711. The molecular formula is C26H25N3O5. The van der Waals surface area contributed by atoms with Crippen LogP contribution in [0.4, 0.5) is 5.69 Å². The van der Waals surface area contributed by atoms with Crippen LogP contribution in [-0.2, 0) is 6.42 Å². The van der Waals surface area contributed by atoms with Crippen molar-refractivity contribution in [1.82, 2.24) is 9.80 Å². The Bertz CT molecular complexity index is 1190. The van der Waals surface area contributed by atoms with E-state index in [1.807, 2.05) is 30.3 Å². The Morgan fingerprint density at radius 1 is 0.882 bits per heavy atom. The summed E-state index contributed by atoms with van der Waals surface area (Å²) < 4.78 is 5.86. The van der Waals surface area contributed by atoms with E-state index in [4.69, 9.17) is 4.74 Å². The molecule has 1 aliphatic heterocycles. The first-order chi connectivity index (χ1) is 16.5. The van der Waals surface area contributed by atoms with Crippen LogP contribution in [0.5, 0.6) is 11.5 Å². The molecule has 8 heteroatoms. The van der Waals surface area contributed by atoms with Gasteiger partial charge in [0.1, 0.15) is 11.5 Å². The second-order valence-corrected chi connectivity index (χ2v) is 7.99. The zero-order valence-electron chi connectivity index (χ0n) is 18.8. The van der Waals surface area contributed by atoms with Gasteiger partial charge in [-0.25, -0.2) is 0 Å². The Labute approximate surface area is 197 Å². The molecule has 34 heavy (non-hydrogen) atoms. The fourth-order valence-corrected chi connectivity index (χ4v) is 3.85. The van der Waals surface area contributed by atoms with Crippen LogP contribution in [0.3, 0.4) is 0 Å². The Kier molecular flexibility index (Phi) is 6.87. The summed E-state index contributed by atoms with van der Waals surface area (Å²) in [6.45, 7) is 3.47. The molecular weight excluding hydrogens is 434 g/mol. The van der Waals surface area contributed by atoms with Crippen LogP contribution in [0, 0.1) is 10.1 Å². The summed E-state index contributed by atoms with van der Waals surface area (Å²) in [4.78, 5) is 40.3. The maximum atomic E-state index is 13.3. The third-order valence-corrected chi connectivity index (χ3v) is 5.84. The fourth-order valence-electron chi connectivity index (χ4n) is 3.85. The van der Waals surface area contributed by atoms with Gasteiger partial charge in [-0.1, -0.05) is 37.3 Å². The summed E-state index contributed by atoms with van der Waals surface area (Å²) in [5, 5.41) is 11.3. The van der Waals surface area contributed by atoms with E-state index in [1.165, 1.54) is 18.2 Å². The standard InChI is InChI=1S/C26H25N3O5/c1-2-19-8-10-20(11-9-19)25(30)27-14-16-28(17-15-27)26(31)23-18-21(29(32)33)12-13-24(23)34-22-6-4-3-5-7-22/h3-13,18H,2,14-17H2,1H3. The number of non-ortho nitro benzene ring substituents is 1. The first kappa shape index (κ1) is 23.0. The van der Waals surface area contributed by atoms with E-state index in [0.717, 1.165) is 12.0 Å². The number of nitro groups is 1. The summed E-state index contributed by atoms with van der Waals surface area (Å²) in [7, 11) is 0. The zero-order chi connectivity index (χ0) is 24.1. The molecule has 0 N–H and O–H groups in total. The fraction of sp³-hybridized carbons (Fsp3) is 0.231. The molecule has 0 saturated carbocycles. The van der Waals surface area contributed by atoms with E-state index in [-0.39, 0.29) is 28.8 Å². The number of hydrogen-bond acceptors (Lipinski definition) is 5. The Morgan fingerprint density at radius 2 is 1.50 bits per heavy atom. The van der Waals surface area contributed by atoms with Crippen LogP contribution < -0.4 is 4.74 Å². The van der Waals surface area contributed by atoms with Gasteiger partial charge in [0.05, 0.1) is 10.5 Å². The van der Waals surface area contributed by atoms with Crippen LogP contribution in [0.2, 0.25) is 0 Å². The van der Waals surface area contributed by atoms with Crippen molar-refractivity contribution in [1.29, 1.82) is 0 Å². The van der Waals surface area contributed by atoms with E-state index in [9.17, 15) is 19.7 Å². The molecule has 0 aliphatic carbocycles. The van der Waals surface area contributed by atoms with E-state index >= 15 is 0 Å². The number of piperazine rings is 1. The normalized spacial score (nSPS) is 13.4. The van der Waals surface area contributed by atoms with Crippen molar-refractivity contribution in [3.8, 4) is 11.5 Å². The van der Waals surface area contributed by atoms with Crippen LogP contribution in [-0.4, -0.2) is 52.7 Å². The number of aryl methyl sites for hydroxylation is 1. The van der Waals surface area contributed by atoms with Gasteiger partial charge in [0.2, 0.25) is 0 Å². The maximum absolute atomic E-state index is 13.3. The number of hydrogen-bond donors (Lipinski definition) is 0. The number of benzene rings is 3. The molecule has 174 valence electrons. The average molecular weight is 460 g/mol. The molecule has 1 heterocycles. The second kappa shape index (κ2) is 10.2. The largest absolute Gasteiger partial charge is 0.457 e. The third-order valence-electron chi connectivity index (χ3n) is 5.84. The molecule has 3 aromatic carbocycles. The molecule has 3 aromatic rings. The molecule has 0 spiro atoms. The average Bonchev–Trinajstić information content (AvgIpc) is 2.88. The smallest absolute Gasteiger partial charge is 0.270 e. The van der Waals surface area contributed by atoms with Crippen molar-refractivity contribution in [3.05, 3.63) is 99.6 Å². The van der Waals surface area contributed by atoms with Crippen molar-refractivity contribution < 1.29 is 19.2 Å². The number of para-hydroxylation sites is 1. The quantitative estimate of drug-likeness (QED) is 0.398. The highest BCUT2D eigenvalue weighted by Crippen LogP contribution is 2.30. The predicted molar refractivity (Wildman–Crippen MR) is 127 cm³/mol. The number of rotatable bonds is 6. The van der Waals surface area contributed by atoms with Crippen LogP contribution in [0.1, 0.15) is 33.2 Å². The summed E-state index contributed by atoms with van der Waals surface area (Å²) in [6.07, 6.45) is 0.906. The maximum Gasteiger partial charge on any atom is 0.270 e. The SMILES string of the molecule is CCc1ccc(C(=O)N2CCN(C(=O)c3cc([N+](=O)[O-])ccc3Oc3ccccc3)CC2)cc1. The van der Waals surface area contributed by atoms with E-state index in [2.05, 4.69) is 6.92 Å². The van der Waals surface area contributed by atoms with E-state index in [0.29, 0.717) is 37.5 Å². The second-order valence-electron chi connectivity index (χ2n) is 7.99. The van der Waals surface area contributed by atoms with E-state index in [1.54, 1.807) is 34.1 Å². The van der Waals surface area contributed by atoms with Gasteiger partial charge in [-0.05, 0) is 42.3 Å². The topological polar surface area (TPSA) is 93.0 Å². The lowest BCUT2D eigenvalue weighted by Crippen LogP contribution is -2.50. The van der Waals surface area contributed by atoms with E-state index < -0.39 is 4.92 Å². The lowest BCUT2D eigenvalue weighted by atomic mass is 10.1. The first-order valence-electron chi connectivity index (χ1n) is 11.1. The summed E-state index contributed by atoms with van der Waals surface area (Å²) in [5.41, 5.74) is 1.72. The highest BCUT2D eigenvalue weighted by Gasteiger charge is 2.28. The molecule has 0 radical (unpaired) electrons. The number of nitrogens with zero attached hydrogens (tertiary/aromatic N) is 3. The van der Waals surface area contributed by atoms with Gasteiger partial charge in [-0.2, -0.15) is 0 Å². The number of nitro benzene ring substituents is 1. The first-order valence-corrected chi connectivity index (χ1v) is 11.1. The lowest BCUT2D eigenvalue weighted by molar-refractivity contribution is -0.384. The van der Waals surface area contributed by atoms with Crippen LogP contribution in [0.25, 0.3) is 0 Å². The molecule has 0 unspecified atom stereocenters. The lowest BCUT2D eigenvalue weighted by Gasteiger charge is -2.35. The van der Waals surface area contributed by atoms with Gasteiger partial charge >= 0.3 is 0 Å². The molecule has 1 fully saturated rings. The Hall–Kier alpha value is -4.20. The van der Waals surface area contributed by atoms with Crippen molar-refractivity contribution in [3.63, 3.8) is 0 Å². The molecule has 4 rings (SSSR count). The molecule has 1 saturated heterocycles. The third kappa shape index (κ3) is 5.06. The predicted octanol–water partition coefficient (Wildman–Crippen LogP) is 4.55. The number of amides is 2. The van der Waals surface area contributed by atoms with Crippen molar-refractivity contribution in [2.24, 2.45) is 0 Å².